The molecule has 168 valence electrons. The smallest absolute Gasteiger partial charge is 0.137 e. The number of hydrogen-bond donors (Lipinski definition) is 3. The van der Waals surface area contributed by atoms with Gasteiger partial charge >= 0.3 is 0 Å². The number of halogens is 2. The Morgan fingerprint density at radius 2 is 2.06 bits per heavy atom. The molecule has 2 aliphatic heterocycles. The normalized spacial score (nSPS) is 21.4. The summed E-state index contributed by atoms with van der Waals surface area (Å²) in [6, 6.07) is 9.22. The van der Waals surface area contributed by atoms with Gasteiger partial charge < -0.3 is 16.0 Å². The molecule has 33 heavy (non-hydrogen) atoms. The zero-order valence-corrected chi connectivity index (χ0v) is 20.0. The fourth-order valence-electron chi connectivity index (χ4n) is 4.64. The van der Waals surface area contributed by atoms with Crippen LogP contribution in [0.4, 0.5) is 10.1 Å². The summed E-state index contributed by atoms with van der Waals surface area (Å²) in [7, 11) is 2.00. The molecule has 0 bridgehead atoms. The maximum atomic E-state index is 14.5. The monoisotopic (exact) mass is 480 g/mol. The number of nitrogens with one attached hydrogen (secondary N) is 2. The summed E-state index contributed by atoms with van der Waals surface area (Å²) in [5, 5.41) is 33.1. The van der Waals surface area contributed by atoms with E-state index < -0.39 is 5.82 Å². The summed E-state index contributed by atoms with van der Waals surface area (Å²) >= 11 is 7.61. The molecule has 2 aromatic rings. The summed E-state index contributed by atoms with van der Waals surface area (Å²) in [6.45, 7) is 5.01. The van der Waals surface area contributed by atoms with E-state index in [4.69, 9.17) is 22.7 Å². The Morgan fingerprint density at radius 3 is 2.67 bits per heavy atom. The van der Waals surface area contributed by atoms with E-state index >= 15 is 0 Å². The molecule has 2 heterocycles. The lowest BCUT2D eigenvalue weighted by molar-refractivity contribution is 0.321. The van der Waals surface area contributed by atoms with Crippen molar-refractivity contribution < 1.29 is 4.39 Å². The van der Waals surface area contributed by atoms with Gasteiger partial charge in [-0.3, -0.25) is 5.41 Å². The van der Waals surface area contributed by atoms with E-state index in [2.05, 4.69) is 23.2 Å². The van der Waals surface area contributed by atoms with Crippen molar-refractivity contribution in [1.29, 1.82) is 15.9 Å². The molecule has 4 N–H and O–H groups in total. The minimum atomic E-state index is -0.530. The Morgan fingerprint density at radius 1 is 1.33 bits per heavy atom. The Labute approximate surface area is 199 Å². The van der Waals surface area contributed by atoms with Crippen LogP contribution in [0.3, 0.4) is 0 Å². The van der Waals surface area contributed by atoms with Crippen molar-refractivity contribution in [2.45, 2.75) is 37.2 Å². The van der Waals surface area contributed by atoms with Gasteiger partial charge in [0.15, 0.2) is 0 Å². The van der Waals surface area contributed by atoms with Crippen LogP contribution in [0.5, 0.6) is 0 Å². The summed E-state index contributed by atoms with van der Waals surface area (Å²) in [6.07, 6.45) is 0.990. The van der Waals surface area contributed by atoms with Gasteiger partial charge in [0.25, 0.3) is 0 Å². The van der Waals surface area contributed by atoms with Crippen molar-refractivity contribution in [3.63, 3.8) is 0 Å². The molecule has 0 radical (unpaired) electrons. The maximum Gasteiger partial charge on any atom is 0.137 e. The minimum absolute atomic E-state index is 0.0387. The van der Waals surface area contributed by atoms with Gasteiger partial charge in [-0.1, -0.05) is 29.4 Å². The van der Waals surface area contributed by atoms with Gasteiger partial charge in [0.1, 0.15) is 23.0 Å². The first-order chi connectivity index (χ1) is 15.7. The minimum Gasteiger partial charge on any atom is -0.397 e. The Hall–Kier alpha value is -3.04. The van der Waals surface area contributed by atoms with Crippen LogP contribution in [-0.2, 0) is 0 Å². The second-order valence-corrected chi connectivity index (χ2v) is 9.62. The number of nitrogen functional groups attached to an aromatic ring is 1. The lowest BCUT2D eigenvalue weighted by Gasteiger charge is -2.30. The van der Waals surface area contributed by atoms with Gasteiger partial charge in [-0.05, 0) is 44.2 Å². The highest BCUT2D eigenvalue weighted by molar-refractivity contribution is 8.15. The molecule has 2 aliphatic rings. The van der Waals surface area contributed by atoms with Crippen LogP contribution in [0.25, 0.3) is 11.3 Å². The molecule has 0 aliphatic carbocycles. The van der Waals surface area contributed by atoms with Crippen LogP contribution >= 0.6 is 23.4 Å². The molecular formula is C24H22ClFN6S. The van der Waals surface area contributed by atoms with Gasteiger partial charge in [0, 0.05) is 40.5 Å². The second-order valence-electron chi connectivity index (χ2n) is 8.19. The number of thioether (sulfide) groups is 1. The zero-order chi connectivity index (χ0) is 24.0. The fourth-order valence-corrected chi connectivity index (χ4v) is 5.88. The molecule has 2 unspecified atom stereocenters. The molecule has 6 nitrogen and oxygen atoms in total. The zero-order valence-electron chi connectivity index (χ0n) is 18.4. The molecule has 0 saturated carbocycles. The number of nitrogens with two attached hydrogens (primary N) is 1. The molecule has 9 heteroatoms. The van der Waals surface area contributed by atoms with Gasteiger partial charge in [0.2, 0.25) is 0 Å². The Bertz CT molecular complexity index is 1500. The third-order valence-electron chi connectivity index (χ3n) is 6.50. The van der Waals surface area contributed by atoms with Crippen molar-refractivity contribution in [1.82, 2.24) is 10.2 Å². The lowest BCUT2D eigenvalue weighted by Crippen LogP contribution is -2.40. The average molecular weight is 481 g/mol. The van der Waals surface area contributed by atoms with E-state index in [1.54, 1.807) is 6.07 Å². The van der Waals surface area contributed by atoms with Crippen molar-refractivity contribution in [3.8, 4) is 12.1 Å². The lowest BCUT2D eigenvalue weighted by atomic mass is 10.0. The largest absolute Gasteiger partial charge is 0.397 e. The highest BCUT2D eigenvalue weighted by atomic mass is 35.5. The number of anilines is 1. The van der Waals surface area contributed by atoms with E-state index in [9.17, 15) is 14.9 Å². The van der Waals surface area contributed by atoms with E-state index in [-0.39, 0.29) is 43.0 Å². The molecule has 4 rings (SSSR count). The van der Waals surface area contributed by atoms with Crippen molar-refractivity contribution in [2.24, 2.45) is 0 Å². The molecule has 1 fully saturated rings. The SMILES string of the molecule is C/C(=c1/cc(Cl)/c(=c2\ccc(F)c3c2=C(C#N)C(=N)S3)c(C#N)c1N)N(C)C1CCNC1C. The summed E-state index contributed by atoms with van der Waals surface area (Å²) in [5.41, 5.74) is 7.89. The van der Waals surface area contributed by atoms with Crippen LogP contribution in [0.1, 0.15) is 25.8 Å². The molecule has 2 atom stereocenters. The van der Waals surface area contributed by atoms with Crippen LogP contribution in [0.2, 0.25) is 5.02 Å². The van der Waals surface area contributed by atoms with Gasteiger partial charge in [-0.15, -0.1) is 0 Å². The maximum absolute atomic E-state index is 14.5. The third-order valence-corrected chi connectivity index (χ3v) is 7.81. The van der Waals surface area contributed by atoms with E-state index in [1.165, 1.54) is 12.1 Å². The number of nitrogens with zero attached hydrogens (tertiary/aromatic N) is 3. The first-order valence-electron chi connectivity index (χ1n) is 10.4. The van der Waals surface area contributed by atoms with Crippen LogP contribution in [0.15, 0.2) is 23.1 Å². The predicted octanol–water partition coefficient (Wildman–Crippen LogP) is 2.79. The molecule has 0 spiro atoms. The molecular weight excluding hydrogens is 459 g/mol. The van der Waals surface area contributed by atoms with E-state index in [0.29, 0.717) is 21.7 Å². The first kappa shape index (κ1) is 23.1. The van der Waals surface area contributed by atoms with Crippen LogP contribution in [0, 0.1) is 44.3 Å². The first-order valence-corrected chi connectivity index (χ1v) is 11.6. The van der Waals surface area contributed by atoms with Gasteiger partial charge in [0.05, 0.1) is 26.7 Å². The van der Waals surface area contributed by atoms with Crippen LogP contribution < -0.4 is 21.5 Å². The van der Waals surface area contributed by atoms with Crippen molar-refractivity contribution in [3.05, 3.63) is 55.5 Å². The summed E-state index contributed by atoms with van der Waals surface area (Å²) in [4.78, 5) is 2.34. The topological polar surface area (TPSA) is 113 Å². The van der Waals surface area contributed by atoms with Gasteiger partial charge in [-0.2, -0.15) is 10.5 Å². The predicted molar refractivity (Wildman–Crippen MR) is 129 cm³/mol. The fraction of sp³-hybridized carbons (Fsp3) is 0.292. The number of nitriles is 2. The van der Waals surface area contributed by atoms with Crippen LogP contribution in [-0.4, -0.2) is 35.6 Å². The van der Waals surface area contributed by atoms with Crippen molar-refractivity contribution >= 4 is 45.4 Å². The molecule has 1 saturated heterocycles. The van der Waals surface area contributed by atoms with Crippen molar-refractivity contribution in [2.75, 3.05) is 19.3 Å². The third kappa shape index (κ3) is 3.65. The highest BCUT2D eigenvalue weighted by Crippen LogP contribution is 2.29. The average Bonchev–Trinajstić information content (AvgIpc) is 3.37. The van der Waals surface area contributed by atoms with E-state index in [1.807, 2.05) is 20.0 Å². The molecule has 0 amide bonds. The second kappa shape index (κ2) is 8.72. The quantitative estimate of drug-likeness (QED) is 0.570. The Kier molecular flexibility index (Phi) is 6.11. The van der Waals surface area contributed by atoms with Gasteiger partial charge in [-0.25, -0.2) is 4.39 Å². The number of fused-ring (bicyclic) bond motifs is 1. The molecule has 0 aromatic heterocycles. The number of hydrogen-bond acceptors (Lipinski definition) is 7. The summed E-state index contributed by atoms with van der Waals surface area (Å²) < 4.78 is 14.5. The summed E-state index contributed by atoms with van der Waals surface area (Å²) in [5.74, 6) is -0.530. The number of rotatable bonds is 2. The number of benzene rings is 2. The highest BCUT2D eigenvalue weighted by Gasteiger charge is 2.27. The number of likely N-dealkylation sites (N-methyl/N-ethyl adjacent to an activating group) is 1. The Balaban J connectivity index is 2.15. The molecule has 2 aromatic carbocycles. The standard InChI is InChI=1S/C24H22ClFN6S/c1-11-19(6-7-31-11)32(3)12(2)14-8-17(25)20(15(9-27)22(14)29)13-4-5-18(26)23-21(13)16(10-28)24(30)33-23/h4-5,8,11,19,30-31H,6-7,29H2,1-3H3/b14-12+,20-13+,30-24?. The van der Waals surface area contributed by atoms with E-state index in [0.717, 1.165) is 30.4 Å².